The summed E-state index contributed by atoms with van der Waals surface area (Å²) in [7, 11) is 0. The van der Waals surface area contributed by atoms with Gasteiger partial charge in [0, 0.05) is 23.6 Å². The highest BCUT2D eigenvalue weighted by atomic mass is 32.2. The van der Waals surface area contributed by atoms with Gasteiger partial charge in [-0.25, -0.2) is 0 Å². The molecule has 0 fully saturated rings. The number of benzene rings is 1. The number of thioether (sulfide) groups is 1. The molecule has 1 atom stereocenters. The predicted octanol–water partition coefficient (Wildman–Crippen LogP) is 4.72. The Morgan fingerprint density at radius 3 is 2.52 bits per heavy atom. The van der Waals surface area contributed by atoms with E-state index in [1.54, 1.807) is 18.7 Å². The maximum Gasteiger partial charge on any atom is 0.237 e. The van der Waals surface area contributed by atoms with E-state index in [1.165, 1.54) is 11.8 Å². The van der Waals surface area contributed by atoms with Gasteiger partial charge < -0.3 is 9.73 Å². The van der Waals surface area contributed by atoms with Gasteiger partial charge in [0.05, 0.1) is 18.1 Å². The normalized spacial score (nSPS) is 12.0. The Balaban J connectivity index is 1.58. The molecule has 0 aliphatic carbocycles. The molecular weight excluding hydrogens is 410 g/mol. The first-order chi connectivity index (χ1) is 15.0. The smallest absolute Gasteiger partial charge is 0.237 e. The van der Waals surface area contributed by atoms with E-state index in [9.17, 15) is 4.79 Å². The van der Waals surface area contributed by atoms with Gasteiger partial charge in [0.1, 0.15) is 5.76 Å². The summed E-state index contributed by atoms with van der Waals surface area (Å²) in [4.78, 5) is 17.0. The first kappa shape index (κ1) is 20.9. The number of nitrogens with one attached hydrogen (secondary N) is 1. The minimum Gasteiger partial charge on any atom is -0.467 e. The van der Waals surface area contributed by atoms with E-state index in [4.69, 9.17) is 4.42 Å². The van der Waals surface area contributed by atoms with Gasteiger partial charge in [-0.15, -0.1) is 10.2 Å². The number of rotatable bonds is 7. The van der Waals surface area contributed by atoms with Crippen molar-refractivity contribution in [3.63, 3.8) is 0 Å². The van der Waals surface area contributed by atoms with Crippen molar-refractivity contribution in [2.45, 2.75) is 37.7 Å². The van der Waals surface area contributed by atoms with Gasteiger partial charge in [-0.05, 0) is 56.2 Å². The van der Waals surface area contributed by atoms with Crippen LogP contribution in [0.25, 0.3) is 11.4 Å². The van der Waals surface area contributed by atoms with Crippen molar-refractivity contribution in [1.29, 1.82) is 0 Å². The number of amides is 1. The van der Waals surface area contributed by atoms with Crippen molar-refractivity contribution in [2.75, 3.05) is 5.32 Å². The number of carbonyl (C=O) groups excluding carboxylic acids is 1. The average Bonchev–Trinajstić information content (AvgIpc) is 3.42. The number of aryl methyl sites for hydroxylation is 2. The second-order valence-electron chi connectivity index (χ2n) is 7.22. The summed E-state index contributed by atoms with van der Waals surface area (Å²) in [6, 6.07) is 13.5. The van der Waals surface area contributed by atoms with E-state index in [2.05, 4.69) is 20.5 Å². The summed E-state index contributed by atoms with van der Waals surface area (Å²) in [6.07, 6.45) is 5.07. The molecule has 8 heteroatoms. The molecule has 0 aliphatic rings. The molecule has 0 radical (unpaired) electrons. The lowest BCUT2D eigenvalue weighted by Gasteiger charge is -2.15. The van der Waals surface area contributed by atoms with Crippen LogP contribution in [0.2, 0.25) is 0 Å². The van der Waals surface area contributed by atoms with Gasteiger partial charge in [0.25, 0.3) is 0 Å². The number of pyridine rings is 1. The lowest BCUT2D eigenvalue weighted by molar-refractivity contribution is -0.115. The Hall–Kier alpha value is -3.39. The highest BCUT2D eigenvalue weighted by molar-refractivity contribution is 8.00. The summed E-state index contributed by atoms with van der Waals surface area (Å²) in [5.74, 6) is 1.40. The summed E-state index contributed by atoms with van der Waals surface area (Å²) < 4.78 is 7.49. The Kier molecular flexibility index (Phi) is 6.18. The van der Waals surface area contributed by atoms with Crippen LogP contribution < -0.4 is 5.32 Å². The number of nitrogens with zero attached hydrogens (tertiary/aromatic N) is 4. The third kappa shape index (κ3) is 4.69. The molecule has 0 saturated heterocycles. The predicted molar refractivity (Wildman–Crippen MR) is 121 cm³/mol. The van der Waals surface area contributed by atoms with E-state index in [1.807, 2.05) is 67.8 Å². The van der Waals surface area contributed by atoms with Gasteiger partial charge in [0.15, 0.2) is 11.0 Å². The van der Waals surface area contributed by atoms with E-state index in [-0.39, 0.29) is 11.2 Å². The molecule has 1 N–H and O–H groups in total. The summed E-state index contributed by atoms with van der Waals surface area (Å²) >= 11 is 1.37. The second-order valence-corrected chi connectivity index (χ2v) is 8.53. The fourth-order valence-corrected chi connectivity index (χ4v) is 4.09. The Labute approximate surface area is 184 Å². The second kappa shape index (κ2) is 9.18. The third-order valence-electron chi connectivity index (χ3n) is 4.93. The molecule has 0 spiro atoms. The van der Waals surface area contributed by atoms with Crippen LogP contribution in [-0.2, 0) is 11.3 Å². The lowest BCUT2D eigenvalue weighted by Crippen LogP contribution is -2.24. The van der Waals surface area contributed by atoms with E-state index in [0.29, 0.717) is 17.5 Å². The van der Waals surface area contributed by atoms with Crippen LogP contribution in [0.4, 0.5) is 5.69 Å². The summed E-state index contributed by atoms with van der Waals surface area (Å²) in [6.45, 7) is 6.31. The molecule has 0 aliphatic heterocycles. The number of hydrogen-bond donors (Lipinski definition) is 1. The molecule has 7 nitrogen and oxygen atoms in total. The number of anilines is 1. The molecule has 3 heterocycles. The number of aromatic nitrogens is 4. The summed E-state index contributed by atoms with van der Waals surface area (Å²) in [5.41, 5.74) is 3.82. The molecule has 3 aromatic heterocycles. The van der Waals surface area contributed by atoms with Crippen LogP contribution in [0.15, 0.2) is 70.7 Å². The van der Waals surface area contributed by atoms with Gasteiger partial charge in [-0.2, -0.15) is 0 Å². The zero-order chi connectivity index (χ0) is 21.8. The number of carbonyl (C=O) groups is 1. The first-order valence-corrected chi connectivity index (χ1v) is 10.8. The van der Waals surface area contributed by atoms with Crippen LogP contribution in [0.1, 0.15) is 23.8 Å². The number of hydrogen-bond acceptors (Lipinski definition) is 6. The highest BCUT2D eigenvalue weighted by Crippen LogP contribution is 2.29. The molecule has 4 aromatic rings. The van der Waals surface area contributed by atoms with Crippen LogP contribution in [0.5, 0.6) is 0 Å². The van der Waals surface area contributed by atoms with Gasteiger partial charge >= 0.3 is 0 Å². The Morgan fingerprint density at radius 1 is 1.10 bits per heavy atom. The van der Waals surface area contributed by atoms with Gasteiger partial charge in [-0.3, -0.25) is 14.3 Å². The van der Waals surface area contributed by atoms with Crippen LogP contribution in [0, 0.1) is 13.8 Å². The zero-order valence-electron chi connectivity index (χ0n) is 17.6. The van der Waals surface area contributed by atoms with Crippen LogP contribution in [-0.4, -0.2) is 30.9 Å². The molecule has 0 saturated carbocycles. The topological polar surface area (TPSA) is 85.8 Å². The Morgan fingerprint density at radius 2 is 1.84 bits per heavy atom. The highest BCUT2D eigenvalue weighted by Gasteiger charge is 2.22. The van der Waals surface area contributed by atoms with Crippen molar-refractivity contribution < 1.29 is 9.21 Å². The van der Waals surface area contributed by atoms with Gasteiger partial charge in [-0.1, -0.05) is 30.0 Å². The largest absolute Gasteiger partial charge is 0.467 e. The maximum absolute atomic E-state index is 12.9. The van der Waals surface area contributed by atoms with E-state index < -0.39 is 0 Å². The molecule has 1 aromatic carbocycles. The first-order valence-electron chi connectivity index (χ1n) is 9.92. The third-order valence-corrected chi connectivity index (χ3v) is 6.01. The monoisotopic (exact) mass is 433 g/mol. The molecule has 31 heavy (non-hydrogen) atoms. The number of furan rings is 1. The van der Waals surface area contributed by atoms with E-state index >= 15 is 0 Å². The van der Waals surface area contributed by atoms with Gasteiger partial charge in [0.2, 0.25) is 5.91 Å². The van der Waals surface area contributed by atoms with Crippen molar-refractivity contribution in [2.24, 2.45) is 0 Å². The Bertz CT molecular complexity index is 1150. The van der Waals surface area contributed by atoms with Crippen molar-refractivity contribution >= 4 is 23.4 Å². The standard InChI is InChI=1S/C23H23N5O2S/c1-15-6-4-7-16(2)20(15)25-22(29)17(3)31-23-27-26-21(18-9-11-24-12-10-18)28(23)14-19-8-5-13-30-19/h4-13,17H,14H2,1-3H3,(H,25,29)/t17-/m1/s1. The fourth-order valence-electron chi connectivity index (χ4n) is 3.24. The number of para-hydroxylation sites is 1. The quantitative estimate of drug-likeness (QED) is 0.425. The molecule has 158 valence electrons. The van der Waals surface area contributed by atoms with E-state index in [0.717, 1.165) is 28.1 Å². The SMILES string of the molecule is Cc1cccc(C)c1NC(=O)[C@@H](C)Sc1nnc(-c2ccncc2)n1Cc1ccco1. The summed E-state index contributed by atoms with van der Waals surface area (Å²) in [5, 5.41) is 12.1. The fraction of sp³-hybridized carbons (Fsp3) is 0.217. The molecule has 4 rings (SSSR count). The molecule has 0 bridgehead atoms. The minimum atomic E-state index is -0.371. The average molecular weight is 434 g/mol. The van der Waals surface area contributed by atoms with Crippen molar-refractivity contribution in [3.8, 4) is 11.4 Å². The van der Waals surface area contributed by atoms with Crippen molar-refractivity contribution in [1.82, 2.24) is 19.7 Å². The maximum atomic E-state index is 12.9. The van der Waals surface area contributed by atoms with Crippen molar-refractivity contribution in [3.05, 3.63) is 78.0 Å². The molecule has 1 amide bonds. The zero-order valence-corrected chi connectivity index (χ0v) is 18.4. The lowest BCUT2D eigenvalue weighted by atomic mass is 10.1. The molecule has 0 unspecified atom stereocenters. The molecular formula is C23H23N5O2S. The van der Waals surface area contributed by atoms with Crippen LogP contribution >= 0.6 is 11.8 Å². The minimum absolute atomic E-state index is 0.0830. The van der Waals surface area contributed by atoms with Crippen LogP contribution in [0.3, 0.4) is 0 Å².